The van der Waals surface area contributed by atoms with Gasteiger partial charge in [0.25, 0.3) is 0 Å². The summed E-state index contributed by atoms with van der Waals surface area (Å²) in [4.78, 5) is 0. The first-order chi connectivity index (χ1) is 12.5. The van der Waals surface area contributed by atoms with Crippen molar-refractivity contribution in [2.24, 2.45) is 0 Å². The van der Waals surface area contributed by atoms with E-state index in [0.29, 0.717) is 0 Å². The van der Waals surface area contributed by atoms with Gasteiger partial charge in [-0.25, -0.2) is 8.78 Å². The third kappa shape index (κ3) is 7.34. The van der Waals surface area contributed by atoms with Gasteiger partial charge in [0.2, 0.25) is 0 Å². The summed E-state index contributed by atoms with van der Waals surface area (Å²) < 4.78 is 25.3. The van der Waals surface area contributed by atoms with Crippen molar-refractivity contribution < 1.29 is 59.8 Å². The van der Waals surface area contributed by atoms with E-state index in [2.05, 4.69) is 26.0 Å². The van der Waals surface area contributed by atoms with Gasteiger partial charge >= 0.3 is 26.2 Å². The van der Waals surface area contributed by atoms with E-state index in [4.69, 9.17) is 0 Å². The van der Waals surface area contributed by atoms with Crippen molar-refractivity contribution in [3.63, 3.8) is 0 Å². The molecule has 0 aliphatic heterocycles. The molecule has 0 saturated carbocycles. The van der Waals surface area contributed by atoms with Crippen molar-refractivity contribution in [1.29, 1.82) is 0 Å². The van der Waals surface area contributed by atoms with E-state index in [1.54, 1.807) is 24.3 Å². The fourth-order valence-electron chi connectivity index (χ4n) is 2.93. The molecule has 4 aromatic carbocycles. The zero-order chi connectivity index (χ0) is 18.5. The monoisotopic (exact) mass is 506 g/mol. The van der Waals surface area contributed by atoms with Gasteiger partial charge in [-0.1, -0.05) is 49.2 Å². The fraction of sp³-hybridized carbons (Fsp3) is 0.0833. The van der Waals surface area contributed by atoms with Crippen molar-refractivity contribution in [3.8, 4) is 22.3 Å². The molecule has 0 aliphatic carbocycles. The van der Waals surface area contributed by atoms with Crippen LogP contribution in [0.4, 0.5) is 8.78 Å². The third-order valence-corrected chi connectivity index (χ3v) is 4.38. The minimum Gasteiger partial charge on any atom is -1.00 e. The second-order valence-electron chi connectivity index (χ2n) is 6.26. The Hall–Kier alpha value is -1.54. The molecule has 4 rings (SSSR count). The van der Waals surface area contributed by atoms with E-state index in [-0.39, 0.29) is 62.7 Å². The van der Waals surface area contributed by atoms with Gasteiger partial charge in [-0.15, -0.1) is 70.8 Å². The van der Waals surface area contributed by atoms with Crippen LogP contribution in [0.5, 0.6) is 0 Å². The number of hydrogen-bond donors (Lipinski definition) is 0. The molecular formula is C24H20Cl2F2Zr. The average molecular weight is 509 g/mol. The van der Waals surface area contributed by atoms with Crippen molar-refractivity contribution in [1.82, 2.24) is 0 Å². The number of rotatable bonds is 2. The summed E-state index contributed by atoms with van der Waals surface area (Å²) in [5.74, 6) is -0.374. The summed E-state index contributed by atoms with van der Waals surface area (Å²) >= 11 is 0. The molecule has 0 radical (unpaired) electrons. The second-order valence-corrected chi connectivity index (χ2v) is 6.26. The first-order valence-electron chi connectivity index (χ1n) is 8.51. The predicted octanol–water partition coefficient (Wildman–Crippen LogP) is 1.05. The zero-order valence-corrected chi connectivity index (χ0v) is 20.1. The maximum atomic E-state index is 12.6. The molecule has 0 spiro atoms. The molecular weight excluding hydrogens is 488 g/mol. The minimum atomic E-state index is -0.187. The SMILES string of the molecule is Cc1ccc[c-]1-c1ccc(F)cc1.Cc1ccc[c-]1-c1ccc(F)cc1.[Cl-].[Cl-].[Zr+4]. The van der Waals surface area contributed by atoms with Crippen molar-refractivity contribution in [2.45, 2.75) is 13.8 Å². The van der Waals surface area contributed by atoms with Crippen LogP contribution in [0.2, 0.25) is 0 Å². The van der Waals surface area contributed by atoms with Crippen molar-refractivity contribution >= 4 is 0 Å². The van der Waals surface area contributed by atoms with Gasteiger partial charge < -0.3 is 24.8 Å². The molecule has 5 heteroatoms. The molecule has 0 nitrogen and oxygen atoms in total. The first kappa shape index (κ1) is 27.5. The third-order valence-electron chi connectivity index (χ3n) is 4.38. The van der Waals surface area contributed by atoms with Gasteiger partial charge in [0.1, 0.15) is 11.6 Å². The summed E-state index contributed by atoms with van der Waals surface area (Å²) in [5.41, 5.74) is 6.96. The van der Waals surface area contributed by atoms with Crippen molar-refractivity contribution in [2.75, 3.05) is 0 Å². The van der Waals surface area contributed by atoms with Gasteiger partial charge in [0, 0.05) is 0 Å². The summed E-state index contributed by atoms with van der Waals surface area (Å²) in [7, 11) is 0. The van der Waals surface area contributed by atoms with Crippen LogP contribution in [-0.2, 0) is 26.2 Å². The van der Waals surface area contributed by atoms with E-state index in [1.165, 1.54) is 46.5 Å². The molecule has 0 unspecified atom stereocenters. The van der Waals surface area contributed by atoms with Crippen molar-refractivity contribution in [3.05, 3.63) is 108 Å². The quantitative estimate of drug-likeness (QED) is 0.355. The maximum absolute atomic E-state index is 12.6. The van der Waals surface area contributed by atoms with E-state index < -0.39 is 0 Å². The van der Waals surface area contributed by atoms with Crippen LogP contribution >= 0.6 is 0 Å². The van der Waals surface area contributed by atoms with Crippen LogP contribution in [0.1, 0.15) is 11.1 Å². The largest absolute Gasteiger partial charge is 4.00 e. The Morgan fingerprint density at radius 3 is 1.10 bits per heavy atom. The summed E-state index contributed by atoms with van der Waals surface area (Å²) in [6.45, 7) is 4.11. The molecule has 29 heavy (non-hydrogen) atoms. The van der Waals surface area contributed by atoms with Crippen LogP contribution in [0.25, 0.3) is 22.3 Å². The minimum absolute atomic E-state index is 0. The predicted molar refractivity (Wildman–Crippen MR) is 104 cm³/mol. The molecule has 0 aliphatic rings. The van der Waals surface area contributed by atoms with E-state index in [9.17, 15) is 8.78 Å². The molecule has 0 fully saturated rings. The molecule has 148 valence electrons. The molecule has 0 bridgehead atoms. The number of benzene rings is 2. The van der Waals surface area contributed by atoms with Crippen LogP contribution < -0.4 is 24.8 Å². The van der Waals surface area contributed by atoms with E-state index in [0.717, 1.165) is 11.1 Å². The molecule has 0 aromatic heterocycles. The summed E-state index contributed by atoms with van der Waals surface area (Å²) in [6, 6.07) is 25.4. The molecule has 0 amide bonds. The molecule has 0 N–H and O–H groups in total. The normalized spacial score (nSPS) is 9.24. The molecule has 0 saturated heterocycles. The van der Waals surface area contributed by atoms with Gasteiger partial charge in [-0.2, -0.15) is 12.1 Å². The smallest absolute Gasteiger partial charge is 1.00 e. The van der Waals surface area contributed by atoms with E-state index in [1.807, 2.05) is 24.3 Å². The Kier molecular flexibility index (Phi) is 12.2. The summed E-state index contributed by atoms with van der Waals surface area (Å²) in [6.07, 6.45) is 0. The van der Waals surface area contributed by atoms with Crippen LogP contribution in [0.3, 0.4) is 0 Å². The Balaban J connectivity index is 0.000000490. The summed E-state index contributed by atoms with van der Waals surface area (Å²) in [5, 5.41) is 0. The number of halogens is 4. The number of aryl methyl sites for hydroxylation is 2. The first-order valence-corrected chi connectivity index (χ1v) is 8.51. The van der Waals surface area contributed by atoms with Gasteiger partial charge in [-0.3, -0.25) is 0 Å². The Morgan fingerprint density at radius 1 is 0.552 bits per heavy atom. The molecule has 0 atom stereocenters. The van der Waals surface area contributed by atoms with Crippen LogP contribution in [0.15, 0.2) is 84.9 Å². The molecule has 0 heterocycles. The maximum Gasteiger partial charge on any atom is 4.00 e. The van der Waals surface area contributed by atoms with E-state index >= 15 is 0 Å². The Labute approximate surface area is 202 Å². The van der Waals surface area contributed by atoms with Gasteiger partial charge in [0.05, 0.1) is 0 Å². The standard InChI is InChI=1S/2C12H10F.2ClH.Zr/c2*1-9-3-2-4-12(9)10-5-7-11(13)8-6-10;;;/h2*2-8H,1H3;2*1H;/q2*-1;;;+4/p-2. The van der Waals surface area contributed by atoms with Gasteiger partial charge in [-0.05, 0) is 0 Å². The second kappa shape index (κ2) is 12.9. The number of hydrogen-bond acceptors (Lipinski definition) is 0. The average Bonchev–Trinajstić information content (AvgIpc) is 3.25. The fourth-order valence-corrected chi connectivity index (χ4v) is 2.93. The zero-order valence-electron chi connectivity index (χ0n) is 16.1. The topological polar surface area (TPSA) is 0 Å². The van der Waals surface area contributed by atoms with Crippen LogP contribution in [0, 0.1) is 25.5 Å². The Bertz CT molecular complexity index is 889. The Morgan fingerprint density at radius 2 is 0.862 bits per heavy atom. The van der Waals surface area contributed by atoms with Crippen LogP contribution in [-0.4, -0.2) is 0 Å². The van der Waals surface area contributed by atoms with Gasteiger partial charge in [0.15, 0.2) is 0 Å². The molecule has 4 aromatic rings.